The van der Waals surface area contributed by atoms with E-state index in [2.05, 4.69) is 10.3 Å². The first-order valence-electron chi connectivity index (χ1n) is 4.70. The average molecular weight is 266 g/mol. The van der Waals surface area contributed by atoms with Crippen molar-refractivity contribution in [2.75, 3.05) is 0 Å². The highest BCUT2D eigenvalue weighted by Crippen LogP contribution is 1.99. The first-order chi connectivity index (χ1) is 7.00. The summed E-state index contributed by atoms with van der Waals surface area (Å²) in [4.78, 5) is 24.7. The molecule has 1 aromatic heterocycles. The molecule has 0 saturated carbocycles. The zero-order valence-electron chi connectivity index (χ0n) is 9.15. The van der Waals surface area contributed by atoms with Gasteiger partial charge in [0, 0.05) is 11.1 Å². The molecule has 92 valence electrons. The van der Waals surface area contributed by atoms with Crippen molar-refractivity contribution in [3.63, 3.8) is 0 Å². The third-order valence-electron chi connectivity index (χ3n) is 2.04. The lowest BCUT2D eigenvalue weighted by atomic mass is 10.1. The lowest BCUT2D eigenvalue weighted by Crippen LogP contribution is -2.43. The molecule has 0 bridgehead atoms. The molecule has 5 nitrogen and oxygen atoms in total. The summed E-state index contributed by atoms with van der Waals surface area (Å²) < 4.78 is 0. The van der Waals surface area contributed by atoms with Gasteiger partial charge in [0.15, 0.2) is 0 Å². The third kappa shape index (κ3) is 4.34. The number of amides is 1. The predicted octanol–water partition coefficient (Wildman–Crippen LogP) is 0.458. The molecule has 0 aliphatic rings. The quantitative estimate of drug-likeness (QED) is 0.739. The molecule has 0 aliphatic heterocycles. The monoisotopic (exact) mass is 265 g/mol. The van der Waals surface area contributed by atoms with E-state index in [1.807, 2.05) is 13.8 Å². The molecule has 4 N–H and O–H groups in total. The molecular weight excluding hydrogens is 250 g/mol. The van der Waals surface area contributed by atoms with Gasteiger partial charge in [-0.05, 0) is 5.92 Å². The van der Waals surface area contributed by atoms with Crippen molar-refractivity contribution in [3.05, 3.63) is 20.7 Å². The summed E-state index contributed by atoms with van der Waals surface area (Å²) in [7, 11) is 0. The van der Waals surface area contributed by atoms with Crippen LogP contribution in [0.3, 0.4) is 0 Å². The molecular formula is C9H16ClN3O2S. The molecule has 1 atom stereocenters. The zero-order valence-corrected chi connectivity index (χ0v) is 10.8. The summed E-state index contributed by atoms with van der Waals surface area (Å²) in [5, 5.41) is 4.35. The molecule has 1 amide bonds. The van der Waals surface area contributed by atoms with Crippen molar-refractivity contribution in [1.29, 1.82) is 0 Å². The zero-order chi connectivity index (χ0) is 11.4. The van der Waals surface area contributed by atoms with Gasteiger partial charge in [0.25, 0.3) is 0 Å². The van der Waals surface area contributed by atoms with Crippen LogP contribution in [-0.4, -0.2) is 16.9 Å². The lowest BCUT2D eigenvalue weighted by molar-refractivity contribution is -0.123. The summed E-state index contributed by atoms with van der Waals surface area (Å²) in [5.41, 5.74) is 6.35. The second kappa shape index (κ2) is 6.67. The number of nitrogens with two attached hydrogens (primary N) is 1. The highest BCUT2D eigenvalue weighted by Gasteiger charge is 2.16. The molecule has 0 fully saturated rings. The fraction of sp³-hybridized carbons (Fsp3) is 0.556. The van der Waals surface area contributed by atoms with Gasteiger partial charge in [-0.15, -0.1) is 12.4 Å². The van der Waals surface area contributed by atoms with Crippen LogP contribution in [0.15, 0.2) is 10.2 Å². The third-order valence-corrected chi connectivity index (χ3v) is 2.76. The molecule has 0 radical (unpaired) electrons. The Morgan fingerprint density at radius 1 is 1.62 bits per heavy atom. The SMILES string of the molecule is CC(C)[C@H](N)C(=O)NCc1csc(=O)[nH]1.Cl. The maximum atomic E-state index is 11.4. The number of hydrogen-bond acceptors (Lipinski definition) is 4. The lowest BCUT2D eigenvalue weighted by Gasteiger charge is -2.14. The molecule has 0 aliphatic carbocycles. The fourth-order valence-corrected chi connectivity index (χ4v) is 1.59. The number of carbonyl (C=O) groups excluding carboxylic acids is 1. The van der Waals surface area contributed by atoms with Crippen molar-refractivity contribution in [2.24, 2.45) is 11.7 Å². The van der Waals surface area contributed by atoms with Crippen LogP contribution in [-0.2, 0) is 11.3 Å². The number of halogens is 1. The Bertz CT molecular complexity index is 388. The number of thiazole rings is 1. The molecule has 16 heavy (non-hydrogen) atoms. The minimum Gasteiger partial charge on any atom is -0.349 e. The number of H-pyrrole nitrogens is 1. The fourth-order valence-electron chi connectivity index (χ4n) is 1.00. The second-order valence-corrected chi connectivity index (χ2v) is 4.50. The van der Waals surface area contributed by atoms with E-state index in [0.29, 0.717) is 12.2 Å². The second-order valence-electron chi connectivity index (χ2n) is 3.66. The first-order valence-corrected chi connectivity index (χ1v) is 5.58. The molecule has 0 unspecified atom stereocenters. The van der Waals surface area contributed by atoms with Crippen LogP contribution in [0, 0.1) is 5.92 Å². The molecule has 1 aromatic rings. The van der Waals surface area contributed by atoms with E-state index in [-0.39, 0.29) is 29.1 Å². The van der Waals surface area contributed by atoms with Crippen molar-refractivity contribution >= 4 is 29.7 Å². The largest absolute Gasteiger partial charge is 0.349 e. The van der Waals surface area contributed by atoms with Gasteiger partial charge < -0.3 is 16.0 Å². The van der Waals surface area contributed by atoms with E-state index in [4.69, 9.17) is 5.73 Å². The van der Waals surface area contributed by atoms with Gasteiger partial charge in [-0.3, -0.25) is 9.59 Å². The minimum absolute atomic E-state index is 0. The van der Waals surface area contributed by atoms with E-state index in [1.54, 1.807) is 5.38 Å². The van der Waals surface area contributed by atoms with E-state index >= 15 is 0 Å². The average Bonchev–Trinajstić information content (AvgIpc) is 2.59. The summed E-state index contributed by atoms with van der Waals surface area (Å²) >= 11 is 1.08. The molecule has 0 aromatic carbocycles. The maximum absolute atomic E-state index is 11.4. The van der Waals surface area contributed by atoms with Gasteiger partial charge in [0.05, 0.1) is 12.6 Å². The molecule has 7 heteroatoms. The van der Waals surface area contributed by atoms with Crippen LogP contribution in [0.25, 0.3) is 0 Å². The van der Waals surface area contributed by atoms with E-state index < -0.39 is 6.04 Å². The summed E-state index contributed by atoms with van der Waals surface area (Å²) in [6, 6.07) is -0.504. The van der Waals surface area contributed by atoms with Crippen LogP contribution in [0.2, 0.25) is 0 Å². The number of aromatic nitrogens is 1. The summed E-state index contributed by atoms with van der Waals surface area (Å²) in [6.07, 6.45) is 0. The smallest absolute Gasteiger partial charge is 0.304 e. The molecule has 0 spiro atoms. The predicted molar refractivity (Wildman–Crippen MR) is 66.8 cm³/mol. The van der Waals surface area contributed by atoms with Crippen molar-refractivity contribution in [1.82, 2.24) is 10.3 Å². The Morgan fingerprint density at radius 2 is 2.25 bits per heavy atom. The van der Waals surface area contributed by atoms with E-state index in [9.17, 15) is 9.59 Å². The number of nitrogens with one attached hydrogen (secondary N) is 2. The first kappa shape index (κ1) is 15.2. The van der Waals surface area contributed by atoms with Crippen LogP contribution in [0.1, 0.15) is 19.5 Å². The van der Waals surface area contributed by atoms with Crippen LogP contribution in [0.5, 0.6) is 0 Å². The Hall–Kier alpha value is -0.850. The highest BCUT2D eigenvalue weighted by atomic mass is 35.5. The summed E-state index contributed by atoms with van der Waals surface area (Å²) in [5.74, 6) is -0.0939. The Balaban J connectivity index is 0.00000225. The molecule has 1 heterocycles. The van der Waals surface area contributed by atoms with Gasteiger partial charge in [0.1, 0.15) is 0 Å². The number of aromatic amines is 1. The minimum atomic E-state index is -0.504. The Labute approximate surface area is 104 Å². The summed E-state index contributed by atoms with van der Waals surface area (Å²) in [6.45, 7) is 4.09. The standard InChI is InChI=1S/C9H15N3O2S.ClH/c1-5(2)7(10)8(13)11-3-6-4-15-9(14)12-6;/h4-5,7H,3,10H2,1-2H3,(H,11,13)(H,12,14);1H/t7-;/m0./s1. The normalized spacial score (nSPS) is 12.0. The van der Waals surface area contributed by atoms with Crippen molar-refractivity contribution < 1.29 is 4.79 Å². The van der Waals surface area contributed by atoms with Crippen LogP contribution in [0.4, 0.5) is 0 Å². The van der Waals surface area contributed by atoms with Gasteiger partial charge in [-0.2, -0.15) is 0 Å². The van der Waals surface area contributed by atoms with Gasteiger partial charge in [-0.25, -0.2) is 0 Å². The van der Waals surface area contributed by atoms with Gasteiger partial charge in [0.2, 0.25) is 5.91 Å². The highest BCUT2D eigenvalue weighted by molar-refractivity contribution is 7.07. The van der Waals surface area contributed by atoms with Crippen LogP contribution >= 0.6 is 23.7 Å². The number of carbonyl (C=O) groups is 1. The van der Waals surface area contributed by atoms with Crippen molar-refractivity contribution in [2.45, 2.75) is 26.4 Å². The van der Waals surface area contributed by atoms with Gasteiger partial charge >= 0.3 is 4.87 Å². The number of rotatable bonds is 4. The molecule has 0 saturated heterocycles. The molecule has 1 rings (SSSR count). The van der Waals surface area contributed by atoms with Crippen molar-refractivity contribution in [3.8, 4) is 0 Å². The van der Waals surface area contributed by atoms with Crippen LogP contribution < -0.4 is 15.9 Å². The van der Waals surface area contributed by atoms with E-state index in [0.717, 1.165) is 11.3 Å². The Morgan fingerprint density at radius 3 is 2.69 bits per heavy atom. The van der Waals surface area contributed by atoms with Gasteiger partial charge in [-0.1, -0.05) is 25.2 Å². The topological polar surface area (TPSA) is 88.0 Å². The van der Waals surface area contributed by atoms with E-state index in [1.165, 1.54) is 0 Å². The Kier molecular flexibility index (Phi) is 6.32. The number of hydrogen-bond donors (Lipinski definition) is 3. The maximum Gasteiger partial charge on any atom is 0.304 e.